The van der Waals surface area contributed by atoms with Crippen LogP contribution in [0.3, 0.4) is 0 Å². The quantitative estimate of drug-likeness (QED) is 0.866. The van der Waals surface area contributed by atoms with Crippen LogP contribution in [-0.2, 0) is 16.1 Å². The second-order valence-corrected chi connectivity index (χ2v) is 5.62. The van der Waals surface area contributed by atoms with E-state index in [1.54, 1.807) is 42.5 Å². The Bertz CT molecular complexity index is 823. The average Bonchev–Trinajstić information content (AvgIpc) is 3.07. The Morgan fingerprint density at radius 1 is 1.16 bits per heavy atom. The molecule has 1 unspecified atom stereocenters. The van der Waals surface area contributed by atoms with Crippen molar-refractivity contribution in [1.29, 1.82) is 0 Å². The van der Waals surface area contributed by atoms with Gasteiger partial charge in [-0.2, -0.15) is 5.10 Å². The number of hydrogen-bond acceptors (Lipinski definition) is 4. The van der Waals surface area contributed by atoms with E-state index < -0.39 is 23.7 Å². The van der Waals surface area contributed by atoms with Crippen molar-refractivity contribution in [3.05, 3.63) is 66.0 Å². The fourth-order valence-electron chi connectivity index (χ4n) is 2.61. The number of amides is 2. The molecule has 7 heteroatoms. The van der Waals surface area contributed by atoms with Crippen molar-refractivity contribution in [1.82, 2.24) is 5.32 Å². The number of halogens is 1. The predicted octanol–water partition coefficient (Wildman–Crippen LogP) is 1.56. The van der Waals surface area contributed by atoms with Crippen LogP contribution >= 0.6 is 0 Å². The van der Waals surface area contributed by atoms with Crippen molar-refractivity contribution in [2.75, 3.05) is 5.01 Å². The molecule has 25 heavy (non-hydrogen) atoms. The number of nitrogens with zero attached hydrogens (tertiary/aromatic N) is 2. The van der Waals surface area contributed by atoms with Gasteiger partial charge < -0.3 is 11.1 Å². The predicted molar refractivity (Wildman–Crippen MR) is 92.2 cm³/mol. The summed E-state index contributed by atoms with van der Waals surface area (Å²) in [6.07, 6.45) is 0.104. The van der Waals surface area contributed by atoms with Crippen molar-refractivity contribution in [3.8, 4) is 0 Å². The molecule has 0 fully saturated rings. The molecule has 0 aliphatic carbocycles. The number of nitrogens with one attached hydrogen (secondary N) is 1. The lowest BCUT2D eigenvalue weighted by atomic mass is 10.1. The number of nitrogens with two attached hydrogens (primary N) is 1. The fourth-order valence-corrected chi connectivity index (χ4v) is 2.61. The topological polar surface area (TPSA) is 87.8 Å². The van der Waals surface area contributed by atoms with Crippen molar-refractivity contribution >= 4 is 23.2 Å². The summed E-state index contributed by atoms with van der Waals surface area (Å²) >= 11 is 0. The third-order valence-electron chi connectivity index (χ3n) is 3.92. The Balaban J connectivity index is 1.74. The van der Waals surface area contributed by atoms with Crippen LogP contribution in [0.1, 0.15) is 12.0 Å². The molecule has 2 amide bonds. The van der Waals surface area contributed by atoms with Gasteiger partial charge in [0.25, 0.3) is 5.91 Å². The summed E-state index contributed by atoms with van der Waals surface area (Å²) in [6, 6.07) is 14.5. The fraction of sp³-hybridized carbons (Fsp3) is 0.167. The van der Waals surface area contributed by atoms with Gasteiger partial charge in [-0.15, -0.1) is 0 Å². The molecule has 1 aliphatic heterocycles. The minimum absolute atomic E-state index is 0.0388. The zero-order valence-corrected chi connectivity index (χ0v) is 13.4. The minimum Gasteiger partial charge on any atom is -0.368 e. The highest BCUT2D eigenvalue weighted by Gasteiger charge is 2.34. The molecule has 0 spiro atoms. The molecule has 1 heterocycles. The van der Waals surface area contributed by atoms with E-state index >= 15 is 0 Å². The SMILES string of the molecule is NC(=O)C1CC(C(=O)NCc2ccccc2F)=NN1c1ccccc1. The average molecular weight is 340 g/mol. The maximum atomic E-state index is 13.6. The molecule has 1 aliphatic rings. The summed E-state index contributed by atoms with van der Waals surface area (Å²) in [5.74, 6) is -1.41. The Morgan fingerprint density at radius 3 is 2.52 bits per heavy atom. The molecular weight excluding hydrogens is 323 g/mol. The van der Waals surface area contributed by atoms with E-state index in [1.165, 1.54) is 11.1 Å². The van der Waals surface area contributed by atoms with Gasteiger partial charge in [-0.1, -0.05) is 36.4 Å². The summed E-state index contributed by atoms with van der Waals surface area (Å²) in [5, 5.41) is 8.31. The monoisotopic (exact) mass is 340 g/mol. The number of carbonyl (C=O) groups excluding carboxylic acids is 2. The lowest BCUT2D eigenvalue weighted by Crippen LogP contribution is -2.39. The van der Waals surface area contributed by atoms with Gasteiger partial charge in [0.05, 0.1) is 5.69 Å². The van der Waals surface area contributed by atoms with E-state index in [1.807, 2.05) is 6.07 Å². The first-order valence-electron chi connectivity index (χ1n) is 7.79. The van der Waals surface area contributed by atoms with Gasteiger partial charge in [-0.25, -0.2) is 4.39 Å². The second-order valence-electron chi connectivity index (χ2n) is 5.62. The van der Waals surface area contributed by atoms with Crippen LogP contribution in [0.15, 0.2) is 59.7 Å². The van der Waals surface area contributed by atoms with Crippen molar-refractivity contribution < 1.29 is 14.0 Å². The molecule has 2 aromatic rings. The van der Waals surface area contributed by atoms with Crippen LogP contribution in [-0.4, -0.2) is 23.6 Å². The van der Waals surface area contributed by atoms with E-state index in [-0.39, 0.29) is 18.7 Å². The largest absolute Gasteiger partial charge is 0.368 e. The molecule has 0 aromatic heterocycles. The van der Waals surface area contributed by atoms with Crippen LogP contribution < -0.4 is 16.1 Å². The second kappa shape index (κ2) is 7.12. The first-order chi connectivity index (χ1) is 12.1. The number of benzene rings is 2. The van der Waals surface area contributed by atoms with Crippen LogP contribution in [0.2, 0.25) is 0 Å². The highest BCUT2D eigenvalue weighted by atomic mass is 19.1. The number of carbonyl (C=O) groups is 2. The molecule has 0 saturated heterocycles. The van der Waals surface area contributed by atoms with Gasteiger partial charge in [0.1, 0.15) is 17.6 Å². The van der Waals surface area contributed by atoms with Gasteiger partial charge in [-0.3, -0.25) is 14.6 Å². The molecule has 3 rings (SSSR count). The van der Waals surface area contributed by atoms with Gasteiger partial charge in [0, 0.05) is 18.5 Å². The number of hydrazone groups is 1. The molecule has 128 valence electrons. The molecule has 0 bridgehead atoms. The summed E-state index contributed by atoms with van der Waals surface area (Å²) in [6.45, 7) is 0.0388. The molecule has 1 atom stereocenters. The summed E-state index contributed by atoms with van der Waals surface area (Å²) in [4.78, 5) is 24.0. The zero-order valence-electron chi connectivity index (χ0n) is 13.4. The molecule has 0 radical (unpaired) electrons. The number of primary amides is 1. The van der Waals surface area contributed by atoms with Gasteiger partial charge >= 0.3 is 0 Å². The zero-order chi connectivity index (χ0) is 17.8. The Hall–Kier alpha value is -3.22. The number of hydrogen-bond donors (Lipinski definition) is 2. The van der Waals surface area contributed by atoms with Gasteiger partial charge in [0.2, 0.25) is 5.91 Å². The number of anilines is 1. The summed E-state index contributed by atoms with van der Waals surface area (Å²) in [7, 11) is 0. The molecule has 2 aromatic carbocycles. The first-order valence-corrected chi connectivity index (χ1v) is 7.79. The Morgan fingerprint density at radius 2 is 1.84 bits per heavy atom. The standard InChI is InChI=1S/C18H17FN4O2/c19-14-9-5-4-6-12(14)11-21-18(25)15-10-16(17(20)24)23(22-15)13-7-2-1-3-8-13/h1-9,16H,10-11H2,(H2,20,24)(H,21,25). The van der Waals surface area contributed by atoms with Crippen LogP contribution in [0.25, 0.3) is 0 Å². The molecule has 6 nitrogen and oxygen atoms in total. The molecular formula is C18H17FN4O2. The maximum Gasteiger partial charge on any atom is 0.267 e. The van der Waals surface area contributed by atoms with E-state index in [4.69, 9.17) is 5.73 Å². The van der Waals surface area contributed by atoms with Crippen molar-refractivity contribution in [3.63, 3.8) is 0 Å². The third-order valence-corrected chi connectivity index (χ3v) is 3.92. The van der Waals surface area contributed by atoms with Crippen LogP contribution in [0, 0.1) is 5.82 Å². The summed E-state index contributed by atoms with van der Waals surface area (Å²) in [5.41, 5.74) is 6.67. The lowest BCUT2D eigenvalue weighted by molar-refractivity contribution is -0.119. The van der Waals surface area contributed by atoms with Gasteiger partial charge in [0.15, 0.2) is 0 Å². The third kappa shape index (κ3) is 3.65. The normalized spacial score (nSPS) is 16.4. The van der Waals surface area contributed by atoms with E-state index in [0.717, 1.165) is 0 Å². The lowest BCUT2D eigenvalue weighted by Gasteiger charge is -2.20. The van der Waals surface area contributed by atoms with E-state index in [2.05, 4.69) is 10.4 Å². The minimum atomic E-state index is -0.725. The van der Waals surface area contributed by atoms with Crippen molar-refractivity contribution in [2.24, 2.45) is 10.8 Å². The smallest absolute Gasteiger partial charge is 0.267 e. The summed E-state index contributed by atoms with van der Waals surface area (Å²) < 4.78 is 13.6. The van der Waals surface area contributed by atoms with Crippen LogP contribution in [0.5, 0.6) is 0 Å². The van der Waals surface area contributed by atoms with Gasteiger partial charge in [-0.05, 0) is 18.2 Å². The van der Waals surface area contributed by atoms with Crippen molar-refractivity contribution in [2.45, 2.75) is 19.0 Å². The van der Waals surface area contributed by atoms with E-state index in [0.29, 0.717) is 11.3 Å². The maximum absolute atomic E-state index is 13.6. The highest BCUT2D eigenvalue weighted by molar-refractivity contribution is 6.40. The first kappa shape index (κ1) is 16.6. The number of rotatable bonds is 5. The Labute approximate surface area is 144 Å². The molecule has 3 N–H and O–H groups in total. The number of para-hydroxylation sites is 1. The van der Waals surface area contributed by atoms with Crippen LogP contribution in [0.4, 0.5) is 10.1 Å². The van der Waals surface area contributed by atoms with E-state index in [9.17, 15) is 14.0 Å². The Kier molecular flexibility index (Phi) is 4.74. The molecule has 0 saturated carbocycles. The highest BCUT2D eigenvalue weighted by Crippen LogP contribution is 2.24.